The second-order valence-corrected chi connectivity index (χ2v) is 3.79. The lowest BCUT2D eigenvalue weighted by Crippen LogP contribution is -2.32. The molecule has 0 saturated heterocycles. The van der Waals surface area contributed by atoms with Gasteiger partial charge in [-0.2, -0.15) is 0 Å². The van der Waals surface area contributed by atoms with Crippen molar-refractivity contribution in [3.63, 3.8) is 0 Å². The van der Waals surface area contributed by atoms with E-state index in [-0.39, 0.29) is 24.7 Å². The lowest BCUT2D eigenvalue weighted by atomic mass is 10.6. The van der Waals surface area contributed by atoms with Crippen molar-refractivity contribution in [3.05, 3.63) is 0 Å². The predicted molar refractivity (Wildman–Crippen MR) is 58.3 cm³/mol. The molecule has 8 heteroatoms. The van der Waals surface area contributed by atoms with Crippen LogP contribution in [-0.4, -0.2) is 65.1 Å². The fourth-order valence-corrected chi connectivity index (χ4v) is 1.36. The second kappa shape index (κ2) is 9.40. The Morgan fingerprint density at radius 1 is 1.31 bits per heavy atom. The summed E-state index contributed by atoms with van der Waals surface area (Å²) in [5.41, 5.74) is 5.17. The van der Waals surface area contributed by atoms with E-state index in [1.165, 1.54) is 0 Å². The number of carboxylic acid groups (broad SMARTS) is 1. The maximum Gasteiger partial charge on any atom is 0.313 e. The zero-order chi connectivity index (χ0) is 12.4. The summed E-state index contributed by atoms with van der Waals surface area (Å²) in [5.74, 6) is -1.76. The van der Waals surface area contributed by atoms with Crippen molar-refractivity contribution in [1.82, 2.24) is 5.06 Å². The van der Waals surface area contributed by atoms with Crippen LogP contribution in [-0.2, 0) is 14.3 Å². The van der Waals surface area contributed by atoms with Gasteiger partial charge in [0.15, 0.2) is 0 Å². The van der Waals surface area contributed by atoms with Crippen molar-refractivity contribution >= 4 is 23.6 Å². The molecule has 1 amide bonds. The first-order valence-corrected chi connectivity index (χ1v) is 5.80. The molecule has 0 fully saturated rings. The van der Waals surface area contributed by atoms with Crippen molar-refractivity contribution in [2.75, 3.05) is 37.8 Å². The van der Waals surface area contributed by atoms with Gasteiger partial charge in [-0.15, -0.1) is 11.8 Å². The molecule has 0 aromatic rings. The molecule has 0 aromatic carbocycles. The summed E-state index contributed by atoms with van der Waals surface area (Å²) in [6, 6.07) is 0. The van der Waals surface area contributed by atoms with Crippen LogP contribution in [0.2, 0.25) is 0 Å². The molecule has 16 heavy (non-hydrogen) atoms. The van der Waals surface area contributed by atoms with Gasteiger partial charge in [-0.3, -0.25) is 14.8 Å². The Bertz CT molecular complexity index is 226. The number of hydroxylamine groups is 2. The third-order valence-corrected chi connectivity index (χ3v) is 2.35. The highest BCUT2D eigenvalue weighted by molar-refractivity contribution is 8.00. The van der Waals surface area contributed by atoms with E-state index in [1.807, 2.05) is 0 Å². The van der Waals surface area contributed by atoms with Crippen LogP contribution in [0.3, 0.4) is 0 Å². The van der Waals surface area contributed by atoms with Gasteiger partial charge in [-0.1, -0.05) is 0 Å². The molecule has 0 rings (SSSR count). The van der Waals surface area contributed by atoms with E-state index in [9.17, 15) is 14.8 Å². The lowest BCUT2D eigenvalue weighted by molar-refractivity contribution is -0.164. The minimum absolute atomic E-state index is 0.0481. The summed E-state index contributed by atoms with van der Waals surface area (Å²) in [6.45, 7) is 0.999. The monoisotopic (exact) mass is 252 g/mol. The molecule has 0 aromatic heterocycles. The number of aliphatic carboxylic acids is 1. The number of amides is 1. The molecule has 0 heterocycles. The van der Waals surface area contributed by atoms with E-state index < -0.39 is 11.9 Å². The smallest absolute Gasteiger partial charge is 0.313 e. The predicted octanol–water partition coefficient (Wildman–Crippen LogP) is -1.00. The Hall–Kier alpha value is -0.830. The average molecular weight is 252 g/mol. The van der Waals surface area contributed by atoms with E-state index >= 15 is 0 Å². The fraction of sp³-hybridized carbons (Fsp3) is 0.750. The zero-order valence-electron chi connectivity index (χ0n) is 8.79. The van der Waals surface area contributed by atoms with Gasteiger partial charge >= 0.3 is 5.97 Å². The third-order valence-electron chi connectivity index (χ3n) is 1.45. The number of hydrogen-bond donors (Lipinski definition) is 3. The largest absolute Gasteiger partial charge is 0.481 e. The van der Waals surface area contributed by atoms with Crippen LogP contribution in [0.4, 0.5) is 0 Å². The van der Waals surface area contributed by atoms with Gasteiger partial charge in [0.25, 0.3) is 5.91 Å². The van der Waals surface area contributed by atoms with Crippen LogP contribution in [0.1, 0.15) is 0 Å². The fourth-order valence-electron chi connectivity index (χ4n) is 0.761. The molecule has 0 saturated carbocycles. The first-order chi connectivity index (χ1) is 7.57. The molecule has 0 unspecified atom stereocenters. The van der Waals surface area contributed by atoms with Crippen molar-refractivity contribution < 1.29 is 24.6 Å². The summed E-state index contributed by atoms with van der Waals surface area (Å²) >= 11 is 0.930. The molecule has 4 N–H and O–H groups in total. The molecule has 0 aliphatic carbocycles. The standard InChI is InChI=1S/C8H16N2O5S/c9-1-3-15-4-2-10(14)7(11)5-16-6-8(12)13/h14H,1-6,9H2,(H,12,13). The SMILES string of the molecule is NCCOCCN(O)C(=O)CSCC(=O)O. The molecule has 0 bridgehead atoms. The van der Waals surface area contributed by atoms with Crippen LogP contribution < -0.4 is 5.73 Å². The van der Waals surface area contributed by atoms with Gasteiger partial charge in [0.1, 0.15) is 0 Å². The molecular weight excluding hydrogens is 236 g/mol. The van der Waals surface area contributed by atoms with Gasteiger partial charge in [-0.05, 0) is 0 Å². The minimum Gasteiger partial charge on any atom is -0.481 e. The van der Waals surface area contributed by atoms with Crippen molar-refractivity contribution in [1.29, 1.82) is 0 Å². The normalized spacial score (nSPS) is 10.1. The van der Waals surface area contributed by atoms with Crippen LogP contribution in [0.25, 0.3) is 0 Å². The Labute approximate surface area is 97.5 Å². The summed E-state index contributed by atoms with van der Waals surface area (Å²) in [4.78, 5) is 21.3. The Morgan fingerprint density at radius 2 is 2.00 bits per heavy atom. The van der Waals surface area contributed by atoms with Gasteiger partial charge in [0.05, 0.1) is 31.3 Å². The molecule has 0 atom stereocenters. The third kappa shape index (κ3) is 8.48. The van der Waals surface area contributed by atoms with Crippen LogP contribution in [0.5, 0.6) is 0 Å². The first kappa shape index (κ1) is 15.2. The quantitative estimate of drug-likeness (QED) is 0.274. The van der Waals surface area contributed by atoms with Crippen LogP contribution >= 0.6 is 11.8 Å². The van der Waals surface area contributed by atoms with Gasteiger partial charge in [0.2, 0.25) is 0 Å². The maximum absolute atomic E-state index is 11.2. The number of ether oxygens (including phenoxy) is 1. The molecule has 0 aliphatic heterocycles. The lowest BCUT2D eigenvalue weighted by Gasteiger charge is -2.14. The summed E-state index contributed by atoms with van der Waals surface area (Å²) in [7, 11) is 0. The summed E-state index contributed by atoms with van der Waals surface area (Å²) in [6.07, 6.45) is 0. The van der Waals surface area contributed by atoms with E-state index in [0.717, 1.165) is 11.8 Å². The molecular formula is C8H16N2O5S. The number of nitrogens with two attached hydrogens (primary N) is 1. The number of hydrogen-bond acceptors (Lipinski definition) is 6. The molecule has 94 valence electrons. The summed E-state index contributed by atoms with van der Waals surface area (Å²) < 4.78 is 4.97. The molecule has 0 aliphatic rings. The van der Waals surface area contributed by atoms with Gasteiger partial charge < -0.3 is 15.6 Å². The van der Waals surface area contributed by atoms with Crippen LogP contribution in [0, 0.1) is 0 Å². The Balaban J connectivity index is 3.53. The highest BCUT2D eigenvalue weighted by Crippen LogP contribution is 2.01. The van der Waals surface area contributed by atoms with Crippen molar-refractivity contribution in [3.8, 4) is 0 Å². The number of rotatable bonds is 9. The number of carboxylic acids is 1. The average Bonchev–Trinajstić information content (AvgIpc) is 2.23. The zero-order valence-corrected chi connectivity index (χ0v) is 9.61. The topological polar surface area (TPSA) is 113 Å². The number of carbonyl (C=O) groups is 2. The number of carbonyl (C=O) groups excluding carboxylic acids is 1. The van der Waals surface area contributed by atoms with Crippen molar-refractivity contribution in [2.45, 2.75) is 0 Å². The van der Waals surface area contributed by atoms with E-state index in [0.29, 0.717) is 18.2 Å². The van der Waals surface area contributed by atoms with E-state index in [4.69, 9.17) is 15.6 Å². The highest BCUT2D eigenvalue weighted by atomic mass is 32.2. The Morgan fingerprint density at radius 3 is 2.56 bits per heavy atom. The minimum atomic E-state index is -0.992. The molecule has 0 radical (unpaired) electrons. The first-order valence-electron chi connectivity index (χ1n) is 4.64. The van der Waals surface area contributed by atoms with Crippen LogP contribution in [0.15, 0.2) is 0 Å². The summed E-state index contributed by atoms with van der Waals surface area (Å²) in [5, 5.41) is 18.0. The maximum atomic E-state index is 11.2. The second-order valence-electron chi connectivity index (χ2n) is 2.80. The van der Waals surface area contributed by atoms with Gasteiger partial charge in [-0.25, -0.2) is 5.06 Å². The molecule has 7 nitrogen and oxygen atoms in total. The van der Waals surface area contributed by atoms with Crippen molar-refractivity contribution in [2.24, 2.45) is 5.73 Å². The number of thioether (sulfide) groups is 1. The Kier molecular flexibility index (Phi) is 8.91. The highest BCUT2D eigenvalue weighted by Gasteiger charge is 2.11. The van der Waals surface area contributed by atoms with Gasteiger partial charge in [0, 0.05) is 6.54 Å². The number of nitrogens with zero attached hydrogens (tertiary/aromatic N) is 1. The van der Waals surface area contributed by atoms with E-state index in [2.05, 4.69) is 0 Å². The molecule has 0 spiro atoms. The van der Waals surface area contributed by atoms with E-state index in [1.54, 1.807) is 0 Å².